The minimum atomic E-state index is -0.577. The molecule has 0 radical (unpaired) electrons. The number of anilines is 1. The van der Waals surface area contributed by atoms with Crippen molar-refractivity contribution in [2.45, 2.75) is 18.5 Å². The Labute approximate surface area is 173 Å². The molecule has 30 heavy (non-hydrogen) atoms. The zero-order chi connectivity index (χ0) is 20.9. The van der Waals surface area contributed by atoms with E-state index in [4.69, 9.17) is 4.74 Å². The summed E-state index contributed by atoms with van der Waals surface area (Å²) in [5, 5.41) is 6.63. The van der Waals surface area contributed by atoms with Crippen LogP contribution in [-0.4, -0.2) is 53.5 Å². The summed E-state index contributed by atoms with van der Waals surface area (Å²) in [5.74, 6) is 0.387. The van der Waals surface area contributed by atoms with Crippen LogP contribution in [0.15, 0.2) is 42.6 Å². The highest BCUT2D eigenvalue weighted by Crippen LogP contribution is 2.47. The van der Waals surface area contributed by atoms with E-state index in [1.807, 2.05) is 4.90 Å². The molecule has 1 saturated heterocycles. The van der Waals surface area contributed by atoms with Crippen LogP contribution in [0.2, 0.25) is 0 Å². The average Bonchev–Trinajstić information content (AvgIpc) is 3.34. The SMILES string of the molecule is COC(=O)c1ccc(C(=O)N2C[C@@H]3CCC4(NC(=O)c5cccnc5N4)[C@@H]3C2)cc1. The highest BCUT2D eigenvalue weighted by atomic mass is 16.5. The zero-order valence-electron chi connectivity index (χ0n) is 16.6. The van der Waals surface area contributed by atoms with Crippen LogP contribution in [-0.2, 0) is 4.74 Å². The molecule has 3 aliphatic rings. The van der Waals surface area contributed by atoms with Crippen molar-refractivity contribution >= 4 is 23.6 Å². The van der Waals surface area contributed by atoms with Gasteiger partial charge >= 0.3 is 5.97 Å². The molecular weight excluding hydrogens is 384 g/mol. The van der Waals surface area contributed by atoms with Gasteiger partial charge in [-0.05, 0) is 55.2 Å². The lowest BCUT2D eigenvalue weighted by Gasteiger charge is -2.41. The number of hydrogen-bond donors (Lipinski definition) is 2. The number of nitrogens with zero attached hydrogens (tertiary/aromatic N) is 2. The van der Waals surface area contributed by atoms with Crippen molar-refractivity contribution < 1.29 is 19.1 Å². The number of fused-ring (bicyclic) bond motifs is 3. The second kappa shape index (κ2) is 6.83. The van der Waals surface area contributed by atoms with Crippen molar-refractivity contribution in [3.63, 3.8) is 0 Å². The summed E-state index contributed by atoms with van der Waals surface area (Å²) < 4.78 is 4.70. The molecule has 2 aliphatic heterocycles. The molecule has 154 valence electrons. The van der Waals surface area contributed by atoms with Crippen molar-refractivity contribution in [1.29, 1.82) is 0 Å². The number of nitrogens with one attached hydrogen (secondary N) is 2. The van der Waals surface area contributed by atoms with Gasteiger partial charge in [-0.2, -0.15) is 0 Å². The number of likely N-dealkylation sites (tertiary alicyclic amines) is 1. The molecule has 1 spiro atoms. The van der Waals surface area contributed by atoms with Gasteiger partial charge in [0.25, 0.3) is 11.8 Å². The van der Waals surface area contributed by atoms with Crippen LogP contribution in [0.5, 0.6) is 0 Å². The first-order valence-electron chi connectivity index (χ1n) is 10.0. The third-order valence-electron chi connectivity index (χ3n) is 6.55. The van der Waals surface area contributed by atoms with Gasteiger partial charge in [0.05, 0.1) is 18.2 Å². The summed E-state index contributed by atoms with van der Waals surface area (Å²) in [6.07, 6.45) is 3.40. The summed E-state index contributed by atoms with van der Waals surface area (Å²) in [6, 6.07) is 10.0. The topological polar surface area (TPSA) is 101 Å². The maximum absolute atomic E-state index is 13.1. The summed E-state index contributed by atoms with van der Waals surface area (Å²) >= 11 is 0. The predicted octanol–water partition coefficient (Wildman–Crippen LogP) is 1.90. The first-order chi connectivity index (χ1) is 14.5. The van der Waals surface area contributed by atoms with E-state index in [0.29, 0.717) is 41.5 Å². The molecule has 1 saturated carbocycles. The molecule has 2 amide bonds. The van der Waals surface area contributed by atoms with E-state index < -0.39 is 11.6 Å². The second-order valence-corrected chi connectivity index (χ2v) is 8.13. The van der Waals surface area contributed by atoms with Crippen LogP contribution in [0.25, 0.3) is 0 Å². The van der Waals surface area contributed by atoms with E-state index >= 15 is 0 Å². The molecule has 5 rings (SSSR count). The Kier molecular flexibility index (Phi) is 4.23. The summed E-state index contributed by atoms with van der Waals surface area (Å²) in [4.78, 5) is 43.5. The third kappa shape index (κ3) is 2.82. The molecule has 1 aromatic carbocycles. The van der Waals surface area contributed by atoms with E-state index in [9.17, 15) is 14.4 Å². The molecule has 1 aliphatic carbocycles. The molecule has 2 N–H and O–H groups in total. The maximum atomic E-state index is 13.1. The lowest BCUT2D eigenvalue weighted by Crippen LogP contribution is -2.61. The number of esters is 1. The number of rotatable bonds is 2. The number of ether oxygens (including phenoxy) is 1. The smallest absolute Gasteiger partial charge is 0.337 e. The first kappa shape index (κ1) is 18.6. The highest BCUT2D eigenvalue weighted by Gasteiger charge is 2.56. The quantitative estimate of drug-likeness (QED) is 0.739. The Hall–Kier alpha value is -3.42. The van der Waals surface area contributed by atoms with E-state index in [1.54, 1.807) is 42.6 Å². The van der Waals surface area contributed by atoms with Crippen molar-refractivity contribution in [2.24, 2.45) is 11.8 Å². The minimum Gasteiger partial charge on any atom is -0.465 e. The van der Waals surface area contributed by atoms with Gasteiger partial charge in [0.2, 0.25) is 0 Å². The van der Waals surface area contributed by atoms with Gasteiger partial charge in [-0.1, -0.05) is 0 Å². The van der Waals surface area contributed by atoms with E-state index in [0.717, 1.165) is 12.8 Å². The molecule has 2 aromatic rings. The Balaban J connectivity index is 1.35. The van der Waals surface area contributed by atoms with Crippen LogP contribution in [0.4, 0.5) is 5.82 Å². The first-order valence-corrected chi connectivity index (χ1v) is 10.0. The van der Waals surface area contributed by atoms with Gasteiger partial charge in [0.15, 0.2) is 0 Å². The Bertz CT molecular complexity index is 1040. The van der Waals surface area contributed by atoms with Crippen LogP contribution in [0, 0.1) is 11.8 Å². The minimum absolute atomic E-state index is 0.0726. The predicted molar refractivity (Wildman–Crippen MR) is 108 cm³/mol. The number of pyridine rings is 1. The third-order valence-corrected chi connectivity index (χ3v) is 6.55. The summed E-state index contributed by atoms with van der Waals surface area (Å²) in [6.45, 7) is 1.20. The summed E-state index contributed by atoms with van der Waals surface area (Å²) in [5.41, 5.74) is 0.909. The van der Waals surface area contributed by atoms with Gasteiger partial charge in [-0.15, -0.1) is 0 Å². The Morgan fingerprint density at radius 3 is 2.67 bits per heavy atom. The number of carbonyl (C=O) groups excluding carboxylic acids is 3. The monoisotopic (exact) mass is 406 g/mol. The number of carbonyl (C=O) groups is 3. The van der Waals surface area contributed by atoms with E-state index in [-0.39, 0.29) is 17.7 Å². The molecular formula is C22H22N4O4. The Morgan fingerprint density at radius 2 is 1.90 bits per heavy atom. The van der Waals surface area contributed by atoms with Crippen LogP contribution in [0.1, 0.15) is 43.9 Å². The fourth-order valence-electron chi connectivity index (χ4n) is 5.05. The van der Waals surface area contributed by atoms with E-state index in [2.05, 4.69) is 15.6 Å². The fraction of sp³-hybridized carbons (Fsp3) is 0.364. The van der Waals surface area contributed by atoms with Gasteiger partial charge in [-0.3, -0.25) is 9.59 Å². The van der Waals surface area contributed by atoms with Crippen molar-refractivity contribution in [3.05, 3.63) is 59.3 Å². The number of methoxy groups -OCH3 is 1. The molecule has 8 nitrogen and oxygen atoms in total. The standard InChI is InChI=1S/C22H22N4O4/c1-30-21(29)14-6-4-13(5-7-14)20(28)26-11-15-8-9-22(17(15)12-26)24-18-16(19(27)25-22)3-2-10-23-18/h2-7,10,15,17H,8-9,11-12H2,1H3,(H,23,24)(H,25,27)/t15-,17+,22?/m0/s1. The molecule has 3 atom stereocenters. The highest BCUT2D eigenvalue weighted by molar-refractivity contribution is 6.01. The van der Waals surface area contributed by atoms with Gasteiger partial charge in [-0.25, -0.2) is 9.78 Å². The fourth-order valence-corrected chi connectivity index (χ4v) is 5.05. The maximum Gasteiger partial charge on any atom is 0.337 e. The van der Waals surface area contributed by atoms with Crippen molar-refractivity contribution in [2.75, 3.05) is 25.5 Å². The average molecular weight is 406 g/mol. The van der Waals surface area contributed by atoms with Crippen molar-refractivity contribution in [1.82, 2.24) is 15.2 Å². The van der Waals surface area contributed by atoms with Gasteiger partial charge in [0, 0.05) is 30.8 Å². The van der Waals surface area contributed by atoms with E-state index in [1.165, 1.54) is 7.11 Å². The Morgan fingerprint density at radius 1 is 1.13 bits per heavy atom. The lowest BCUT2D eigenvalue weighted by atomic mass is 9.90. The summed E-state index contributed by atoms with van der Waals surface area (Å²) in [7, 11) is 1.33. The normalized spacial score (nSPS) is 26.6. The van der Waals surface area contributed by atoms with Crippen LogP contribution < -0.4 is 10.6 Å². The number of benzene rings is 1. The van der Waals surface area contributed by atoms with Crippen LogP contribution in [0.3, 0.4) is 0 Å². The molecule has 2 fully saturated rings. The molecule has 8 heteroatoms. The van der Waals surface area contributed by atoms with Crippen LogP contribution >= 0.6 is 0 Å². The van der Waals surface area contributed by atoms with Gasteiger partial charge in [0.1, 0.15) is 11.5 Å². The number of hydrogen-bond acceptors (Lipinski definition) is 6. The molecule has 0 bridgehead atoms. The number of amides is 2. The molecule has 1 unspecified atom stereocenters. The second-order valence-electron chi connectivity index (χ2n) is 8.13. The molecule has 3 heterocycles. The lowest BCUT2D eigenvalue weighted by molar-refractivity contribution is 0.0599. The number of aromatic nitrogens is 1. The molecule has 1 aromatic heterocycles. The largest absolute Gasteiger partial charge is 0.465 e. The van der Waals surface area contributed by atoms with Gasteiger partial charge < -0.3 is 20.3 Å². The zero-order valence-corrected chi connectivity index (χ0v) is 16.6. The van der Waals surface area contributed by atoms with Crippen molar-refractivity contribution in [3.8, 4) is 0 Å².